The van der Waals surface area contributed by atoms with E-state index in [1.54, 1.807) is 6.92 Å². The predicted molar refractivity (Wildman–Crippen MR) is 80.2 cm³/mol. The number of hydrogen-bond donors (Lipinski definition) is 0. The minimum atomic E-state index is -0.425. The monoisotopic (exact) mass is 308 g/mol. The van der Waals surface area contributed by atoms with E-state index in [1.165, 1.54) is 0 Å². The van der Waals surface area contributed by atoms with Crippen LogP contribution in [-0.2, 0) is 27.9 Å². The summed E-state index contributed by atoms with van der Waals surface area (Å²) >= 11 is 0. The highest BCUT2D eigenvalue weighted by Gasteiger charge is 2.41. The van der Waals surface area contributed by atoms with E-state index in [-0.39, 0.29) is 5.91 Å². The topological polar surface area (TPSA) is 59.8 Å². The second-order valence-corrected chi connectivity index (χ2v) is 6.19. The average Bonchev–Trinajstić information content (AvgIpc) is 2.77. The molecule has 1 atom stereocenters. The molecule has 0 aliphatic carbocycles. The summed E-state index contributed by atoms with van der Waals surface area (Å²) in [6.45, 7) is 7.01. The van der Waals surface area contributed by atoms with Gasteiger partial charge in [0.15, 0.2) is 0 Å². The highest BCUT2D eigenvalue weighted by atomic mass is 16.5. The maximum atomic E-state index is 11.7. The van der Waals surface area contributed by atoms with E-state index < -0.39 is 5.60 Å². The number of morpholine rings is 1. The molecule has 22 heavy (non-hydrogen) atoms. The fourth-order valence-corrected chi connectivity index (χ4v) is 3.16. The van der Waals surface area contributed by atoms with Crippen molar-refractivity contribution in [3.63, 3.8) is 0 Å². The summed E-state index contributed by atoms with van der Waals surface area (Å²) < 4.78 is 13.8. The molecule has 2 fully saturated rings. The van der Waals surface area contributed by atoms with Crippen molar-refractivity contribution in [2.75, 3.05) is 46.0 Å². The summed E-state index contributed by atoms with van der Waals surface area (Å²) in [5.41, 5.74) is -0.425. The van der Waals surface area contributed by atoms with Gasteiger partial charge in [0, 0.05) is 46.0 Å². The minimum absolute atomic E-state index is 0.0784. The van der Waals surface area contributed by atoms with Crippen molar-refractivity contribution in [1.82, 2.24) is 19.4 Å². The Bertz CT molecular complexity index is 533. The molecule has 1 aromatic heterocycles. The maximum absolute atomic E-state index is 11.7. The molecule has 3 heterocycles. The lowest BCUT2D eigenvalue weighted by Gasteiger charge is -2.43. The molecular weight excluding hydrogens is 284 g/mol. The first-order valence-corrected chi connectivity index (χ1v) is 7.74. The standard InChI is InChI=1S/C15H24N4O3/c1-13(20)19-6-7-21-12-15(11-19)10-18(5-8-22-15)9-14-16-3-4-17(14)2/h3-4H,5-12H2,1-2H3/t15-/m1/s1. The number of ether oxygens (including phenoxy) is 2. The third-order valence-corrected chi connectivity index (χ3v) is 4.41. The zero-order chi connectivity index (χ0) is 15.6. The van der Waals surface area contributed by atoms with Crippen LogP contribution in [0.15, 0.2) is 12.4 Å². The van der Waals surface area contributed by atoms with E-state index >= 15 is 0 Å². The van der Waals surface area contributed by atoms with Crippen LogP contribution in [0, 0.1) is 0 Å². The van der Waals surface area contributed by atoms with Crippen LogP contribution in [0.1, 0.15) is 12.7 Å². The molecule has 1 aromatic rings. The second-order valence-electron chi connectivity index (χ2n) is 6.19. The summed E-state index contributed by atoms with van der Waals surface area (Å²) in [6, 6.07) is 0. The lowest BCUT2D eigenvalue weighted by Crippen LogP contribution is -2.59. The van der Waals surface area contributed by atoms with Crippen LogP contribution in [-0.4, -0.2) is 76.9 Å². The average molecular weight is 308 g/mol. The SMILES string of the molecule is CC(=O)N1CCOC[C@@]2(CN(Cc3nccn3C)CCO2)C1. The Morgan fingerprint density at radius 2 is 2.23 bits per heavy atom. The van der Waals surface area contributed by atoms with E-state index in [9.17, 15) is 4.79 Å². The van der Waals surface area contributed by atoms with Gasteiger partial charge in [-0.1, -0.05) is 0 Å². The van der Waals surface area contributed by atoms with Gasteiger partial charge in [-0.25, -0.2) is 4.98 Å². The Morgan fingerprint density at radius 1 is 1.36 bits per heavy atom. The van der Waals surface area contributed by atoms with Gasteiger partial charge in [-0.15, -0.1) is 0 Å². The quantitative estimate of drug-likeness (QED) is 0.762. The summed E-state index contributed by atoms with van der Waals surface area (Å²) in [7, 11) is 2.00. The molecule has 2 aliphatic rings. The third kappa shape index (κ3) is 3.31. The van der Waals surface area contributed by atoms with Crippen molar-refractivity contribution in [2.24, 2.45) is 7.05 Å². The molecule has 7 heteroatoms. The summed E-state index contributed by atoms with van der Waals surface area (Å²) in [5, 5.41) is 0. The maximum Gasteiger partial charge on any atom is 0.219 e. The van der Waals surface area contributed by atoms with Gasteiger partial charge in [-0.05, 0) is 0 Å². The summed E-state index contributed by atoms with van der Waals surface area (Å²) in [5.74, 6) is 1.12. The molecule has 0 radical (unpaired) electrons. The molecule has 2 aliphatic heterocycles. The number of carbonyl (C=O) groups excluding carboxylic acids is 1. The molecule has 1 spiro atoms. The van der Waals surface area contributed by atoms with Gasteiger partial charge in [-0.3, -0.25) is 9.69 Å². The Hall–Kier alpha value is -1.44. The summed E-state index contributed by atoms with van der Waals surface area (Å²) in [6.07, 6.45) is 3.77. The lowest BCUT2D eigenvalue weighted by atomic mass is 10.0. The normalized spacial score (nSPS) is 27.1. The number of amides is 1. The fourth-order valence-electron chi connectivity index (χ4n) is 3.16. The molecule has 2 saturated heterocycles. The molecular formula is C15H24N4O3. The van der Waals surface area contributed by atoms with Crippen molar-refractivity contribution in [3.05, 3.63) is 18.2 Å². The van der Waals surface area contributed by atoms with E-state index in [1.807, 2.05) is 28.9 Å². The minimum Gasteiger partial charge on any atom is -0.376 e. The fraction of sp³-hybridized carbons (Fsp3) is 0.733. The van der Waals surface area contributed by atoms with Crippen LogP contribution < -0.4 is 0 Å². The van der Waals surface area contributed by atoms with Crippen LogP contribution in [0.25, 0.3) is 0 Å². The van der Waals surface area contributed by atoms with E-state index in [0.717, 1.165) is 25.5 Å². The number of aryl methyl sites for hydroxylation is 1. The Morgan fingerprint density at radius 3 is 2.95 bits per heavy atom. The van der Waals surface area contributed by atoms with Gasteiger partial charge in [0.25, 0.3) is 0 Å². The smallest absolute Gasteiger partial charge is 0.219 e. The first kappa shape index (κ1) is 15.5. The zero-order valence-corrected chi connectivity index (χ0v) is 13.3. The van der Waals surface area contributed by atoms with Crippen molar-refractivity contribution < 1.29 is 14.3 Å². The molecule has 7 nitrogen and oxygen atoms in total. The highest BCUT2D eigenvalue weighted by Crippen LogP contribution is 2.23. The van der Waals surface area contributed by atoms with Gasteiger partial charge in [-0.2, -0.15) is 0 Å². The Balaban J connectivity index is 1.70. The van der Waals surface area contributed by atoms with Crippen LogP contribution in [0.2, 0.25) is 0 Å². The van der Waals surface area contributed by atoms with E-state index in [4.69, 9.17) is 9.47 Å². The molecule has 0 N–H and O–H groups in total. The van der Waals surface area contributed by atoms with Crippen molar-refractivity contribution in [3.8, 4) is 0 Å². The number of carbonyl (C=O) groups is 1. The molecule has 122 valence electrons. The molecule has 0 bridgehead atoms. The van der Waals surface area contributed by atoms with Crippen LogP contribution in [0.3, 0.4) is 0 Å². The van der Waals surface area contributed by atoms with Crippen molar-refractivity contribution >= 4 is 5.91 Å². The second kappa shape index (κ2) is 6.36. The van der Waals surface area contributed by atoms with Gasteiger partial charge < -0.3 is 18.9 Å². The van der Waals surface area contributed by atoms with Crippen LogP contribution in [0.4, 0.5) is 0 Å². The number of imidazole rings is 1. The van der Waals surface area contributed by atoms with Gasteiger partial charge in [0.05, 0.1) is 32.9 Å². The molecule has 0 aromatic carbocycles. The van der Waals surface area contributed by atoms with Crippen molar-refractivity contribution in [1.29, 1.82) is 0 Å². The number of nitrogens with zero attached hydrogens (tertiary/aromatic N) is 4. The largest absolute Gasteiger partial charge is 0.376 e. The number of rotatable bonds is 2. The van der Waals surface area contributed by atoms with Crippen LogP contribution in [0.5, 0.6) is 0 Å². The first-order valence-electron chi connectivity index (χ1n) is 7.74. The third-order valence-electron chi connectivity index (χ3n) is 4.41. The lowest BCUT2D eigenvalue weighted by molar-refractivity contribution is -0.151. The van der Waals surface area contributed by atoms with Gasteiger partial charge in [0.1, 0.15) is 11.4 Å². The van der Waals surface area contributed by atoms with Gasteiger partial charge in [0.2, 0.25) is 5.91 Å². The van der Waals surface area contributed by atoms with E-state index in [0.29, 0.717) is 32.9 Å². The molecule has 0 unspecified atom stereocenters. The number of hydrogen-bond acceptors (Lipinski definition) is 5. The Labute approximate surface area is 130 Å². The predicted octanol–water partition coefficient (Wildman–Crippen LogP) is -0.130. The zero-order valence-electron chi connectivity index (χ0n) is 13.3. The Kier molecular flexibility index (Phi) is 4.46. The first-order chi connectivity index (χ1) is 10.6. The molecule has 3 rings (SSSR count). The number of aromatic nitrogens is 2. The van der Waals surface area contributed by atoms with E-state index in [2.05, 4.69) is 9.88 Å². The van der Waals surface area contributed by atoms with Crippen LogP contribution >= 0.6 is 0 Å². The molecule has 1 amide bonds. The van der Waals surface area contributed by atoms with Gasteiger partial charge >= 0.3 is 0 Å². The summed E-state index contributed by atoms with van der Waals surface area (Å²) in [4.78, 5) is 20.3. The highest BCUT2D eigenvalue weighted by molar-refractivity contribution is 5.73. The molecule has 0 saturated carbocycles. The van der Waals surface area contributed by atoms with Crippen molar-refractivity contribution in [2.45, 2.75) is 19.1 Å².